The van der Waals surface area contributed by atoms with Crippen molar-refractivity contribution in [3.05, 3.63) is 41.3 Å². The van der Waals surface area contributed by atoms with Crippen LogP contribution in [0.15, 0.2) is 29.9 Å². The van der Waals surface area contributed by atoms with Gasteiger partial charge < -0.3 is 4.74 Å². The molecule has 0 saturated carbocycles. The number of H-pyrrole nitrogens is 1. The normalized spacial score (nSPS) is 22.1. The smallest absolute Gasteiger partial charge is 0.191 e. The van der Waals surface area contributed by atoms with E-state index in [1.807, 2.05) is 41.6 Å². The Labute approximate surface area is 144 Å². The molecule has 0 aromatic carbocycles. The van der Waals surface area contributed by atoms with Crippen LogP contribution in [0.5, 0.6) is 0 Å². The molecule has 3 aromatic rings. The molecule has 0 radical (unpaired) electrons. The Bertz CT molecular complexity index is 810. The van der Waals surface area contributed by atoms with E-state index in [1.165, 1.54) is 0 Å². The van der Waals surface area contributed by atoms with Gasteiger partial charge in [0.2, 0.25) is 0 Å². The predicted molar refractivity (Wildman–Crippen MR) is 91.5 cm³/mol. The number of thiophene rings is 1. The number of ether oxygens (including phenoxy) is 1. The van der Waals surface area contributed by atoms with Crippen molar-refractivity contribution in [1.29, 1.82) is 0 Å². The van der Waals surface area contributed by atoms with Gasteiger partial charge in [-0.2, -0.15) is 10.2 Å². The number of nitrogens with one attached hydrogen (secondary N) is 1. The largest absolute Gasteiger partial charge is 0.368 e. The van der Waals surface area contributed by atoms with Crippen molar-refractivity contribution in [2.45, 2.75) is 19.1 Å². The molecule has 1 aliphatic heterocycles. The summed E-state index contributed by atoms with van der Waals surface area (Å²) in [5.41, 5.74) is 0.759. The van der Waals surface area contributed by atoms with E-state index in [9.17, 15) is 0 Å². The maximum atomic E-state index is 6.06. The fraction of sp³-hybridized carbons (Fsp3) is 0.438. The Morgan fingerprint density at radius 3 is 3.12 bits per heavy atom. The first kappa shape index (κ1) is 15.5. The van der Waals surface area contributed by atoms with Gasteiger partial charge >= 0.3 is 0 Å². The lowest BCUT2D eigenvalue weighted by Crippen LogP contribution is -2.47. The molecule has 126 valence electrons. The van der Waals surface area contributed by atoms with Crippen molar-refractivity contribution in [2.75, 3.05) is 19.7 Å². The number of nitrogens with zero attached hydrogens (tertiary/aromatic N) is 5. The van der Waals surface area contributed by atoms with Crippen LogP contribution in [-0.2, 0) is 23.9 Å². The second kappa shape index (κ2) is 6.12. The van der Waals surface area contributed by atoms with E-state index in [0.29, 0.717) is 6.61 Å². The fourth-order valence-electron chi connectivity index (χ4n) is 3.05. The third-order valence-electron chi connectivity index (χ3n) is 4.32. The van der Waals surface area contributed by atoms with E-state index in [2.05, 4.69) is 32.1 Å². The summed E-state index contributed by atoms with van der Waals surface area (Å²) in [6.45, 7) is 5.22. The molecule has 0 amide bonds. The van der Waals surface area contributed by atoms with E-state index >= 15 is 0 Å². The van der Waals surface area contributed by atoms with Crippen LogP contribution in [-0.4, -0.2) is 49.6 Å². The lowest BCUT2D eigenvalue weighted by atomic mass is 9.97. The van der Waals surface area contributed by atoms with Crippen molar-refractivity contribution in [1.82, 2.24) is 29.9 Å². The molecule has 1 aliphatic rings. The Morgan fingerprint density at radius 1 is 1.46 bits per heavy atom. The van der Waals surface area contributed by atoms with Crippen LogP contribution in [0.2, 0.25) is 0 Å². The average Bonchev–Trinajstić information content (AvgIpc) is 3.27. The van der Waals surface area contributed by atoms with Crippen LogP contribution in [0.25, 0.3) is 10.7 Å². The van der Waals surface area contributed by atoms with Gasteiger partial charge in [-0.05, 0) is 18.4 Å². The average molecular weight is 344 g/mol. The summed E-state index contributed by atoms with van der Waals surface area (Å²) in [6.07, 6.45) is 3.90. The number of aryl methyl sites for hydroxylation is 1. The Morgan fingerprint density at radius 2 is 2.38 bits per heavy atom. The van der Waals surface area contributed by atoms with Gasteiger partial charge in [0, 0.05) is 31.9 Å². The molecule has 7 nitrogen and oxygen atoms in total. The monoisotopic (exact) mass is 344 g/mol. The zero-order valence-corrected chi connectivity index (χ0v) is 14.6. The first-order valence-corrected chi connectivity index (χ1v) is 8.81. The third-order valence-corrected chi connectivity index (χ3v) is 5.18. The predicted octanol–water partition coefficient (Wildman–Crippen LogP) is 2.01. The van der Waals surface area contributed by atoms with Crippen molar-refractivity contribution in [3.63, 3.8) is 0 Å². The van der Waals surface area contributed by atoms with Gasteiger partial charge in [0.15, 0.2) is 5.82 Å². The first-order chi connectivity index (χ1) is 11.6. The topological polar surface area (TPSA) is 71.9 Å². The standard InChI is InChI=1S/C16H20N6OS/c1-16(12-8-17-21(2)9-12)11-22(5-6-23-16)10-14-18-15(20-19-14)13-4-3-7-24-13/h3-4,7-9H,5-6,10-11H2,1-2H3,(H,18,19,20)/t16-/m0/s1. The van der Waals surface area contributed by atoms with E-state index < -0.39 is 0 Å². The summed E-state index contributed by atoms with van der Waals surface area (Å²) in [5, 5.41) is 13.7. The molecule has 1 fully saturated rings. The lowest BCUT2D eigenvalue weighted by molar-refractivity contribution is -0.106. The van der Waals surface area contributed by atoms with Crippen LogP contribution in [0.4, 0.5) is 0 Å². The number of rotatable bonds is 4. The number of hydrogen-bond acceptors (Lipinski definition) is 6. The number of aromatic amines is 1. The molecule has 8 heteroatoms. The van der Waals surface area contributed by atoms with Crippen LogP contribution < -0.4 is 0 Å². The van der Waals surface area contributed by atoms with Crippen molar-refractivity contribution >= 4 is 11.3 Å². The number of hydrogen-bond donors (Lipinski definition) is 1. The van der Waals surface area contributed by atoms with Crippen LogP contribution >= 0.6 is 11.3 Å². The Balaban J connectivity index is 1.47. The van der Waals surface area contributed by atoms with Gasteiger partial charge in [0.05, 0.1) is 24.2 Å². The minimum atomic E-state index is -0.344. The minimum Gasteiger partial charge on any atom is -0.368 e. The fourth-order valence-corrected chi connectivity index (χ4v) is 3.71. The zero-order chi connectivity index (χ0) is 16.6. The highest BCUT2D eigenvalue weighted by molar-refractivity contribution is 7.13. The molecular formula is C16H20N6OS. The highest BCUT2D eigenvalue weighted by atomic mass is 32.1. The Hall–Kier alpha value is -2.03. The summed E-state index contributed by atoms with van der Waals surface area (Å²) in [5.74, 6) is 1.65. The van der Waals surface area contributed by atoms with E-state index in [-0.39, 0.29) is 5.60 Å². The van der Waals surface area contributed by atoms with E-state index in [0.717, 1.165) is 41.7 Å². The van der Waals surface area contributed by atoms with E-state index in [1.54, 1.807) is 11.3 Å². The molecule has 0 aliphatic carbocycles. The van der Waals surface area contributed by atoms with Crippen LogP contribution in [0.1, 0.15) is 18.3 Å². The summed E-state index contributed by atoms with van der Waals surface area (Å²) in [7, 11) is 1.92. The highest BCUT2D eigenvalue weighted by Crippen LogP contribution is 2.29. The zero-order valence-electron chi connectivity index (χ0n) is 13.8. The van der Waals surface area contributed by atoms with Gasteiger partial charge in [-0.1, -0.05) is 6.07 Å². The molecule has 24 heavy (non-hydrogen) atoms. The number of morpholine rings is 1. The van der Waals surface area contributed by atoms with Gasteiger partial charge in [0.1, 0.15) is 11.4 Å². The molecule has 4 heterocycles. The molecule has 0 spiro atoms. The van der Waals surface area contributed by atoms with E-state index in [4.69, 9.17) is 4.74 Å². The summed E-state index contributed by atoms with van der Waals surface area (Å²) in [6, 6.07) is 4.04. The molecule has 0 unspecified atom stereocenters. The molecule has 1 saturated heterocycles. The van der Waals surface area contributed by atoms with Crippen LogP contribution in [0, 0.1) is 0 Å². The summed E-state index contributed by atoms with van der Waals surface area (Å²) in [4.78, 5) is 8.04. The maximum Gasteiger partial charge on any atom is 0.191 e. The van der Waals surface area contributed by atoms with Crippen molar-refractivity contribution in [2.24, 2.45) is 7.05 Å². The highest BCUT2D eigenvalue weighted by Gasteiger charge is 2.35. The maximum absolute atomic E-state index is 6.06. The van der Waals surface area contributed by atoms with Crippen molar-refractivity contribution < 1.29 is 4.74 Å². The van der Waals surface area contributed by atoms with Gasteiger partial charge in [0.25, 0.3) is 0 Å². The molecule has 1 N–H and O–H groups in total. The molecular weight excluding hydrogens is 324 g/mol. The molecule has 1 atom stereocenters. The third kappa shape index (κ3) is 3.00. The lowest BCUT2D eigenvalue weighted by Gasteiger charge is -2.39. The summed E-state index contributed by atoms with van der Waals surface area (Å²) < 4.78 is 7.87. The second-order valence-corrected chi connectivity index (χ2v) is 7.22. The molecule has 3 aromatic heterocycles. The molecule has 0 bridgehead atoms. The first-order valence-electron chi connectivity index (χ1n) is 7.93. The second-order valence-electron chi connectivity index (χ2n) is 6.28. The van der Waals surface area contributed by atoms with Crippen molar-refractivity contribution in [3.8, 4) is 10.7 Å². The van der Waals surface area contributed by atoms with Crippen LogP contribution in [0.3, 0.4) is 0 Å². The summed E-state index contributed by atoms with van der Waals surface area (Å²) >= 11 is 1.65. The Kier molecular flexibility index (Phi) is 3.95. The number of aromatic nitrogens is 5. The minimum absolute atomic E-state index is 0.344. The molecule has 4 rings (SSSR count). The quantitative estimate of drug-likeness (QED) is 0.784. The van der Waals surface area contributed by atoms with Gasteiger partial charge in [-0.15, -0.1) is 11.3 Å². The SMILES string of the molecule is Cn1cc([C@]2(C)CN(Cc3nc(-c4cccs4)n[nH]3)CCO2)cn1. The van der Waals surface area contributed by atoms with Gasteiger partial charge in [-0.3, -0.25) is 14.7 Å². The van der Waals surface area contributed by atoms with Gasteiger partial charge in [-0.25, -0.2) is 4.98 Å².